The SMILES string of the molecule is C[Si](C)(C)[C@H]1C[C@@H]1C(=O)O. The molecule has 1 aliphatic carbocycles. The van der Waals surface area contributed by atoms with Crippen LogP contribution in [-0.2, 0) is 4.79 Å². The van der Waals surface area contributed by atoms with Gasteiger partial charge in [-0.3, -0.25) is 4.79 Å². The van der Waals surface area contributed by atoms with Gasteiger partial charge in [0.05, 0.1) is 5.92 Å². The number of aliphatic carboxylic acids is 1. The van der Waals surface area contributed by atoms with Gasteiger partial charge in [0.2, 0.25) is 0 Å². The van der Waals surface area contributed by atoms with Crippen molar-refractivity contribution in [2.75, 3.05) is 0 Å². The molecule has 2 nitrogen and oxygen atoms in total. The van der Waals surface area contributed by atoms with E-state index in [4.69, 9.17) is 5.11 Å². The Morgan fingerprint density at radius 3 is 2.10 bits per heavy atom. The van der Waals surface area contributed by atoms with Crippen LogP contribution in [0.25, 0.3) is 0 Å². The highest BCUT2D eigenvalue weighted by Crippen LogP contribution is 2.51. The van der Waals surface area contributed by atoms with Gasteiger partial charge in [-0.25, -0.2) is 0 Å². The molecule has 0 spiro atoms. The first-order valence-electron chi connectivity index (χ1n) is 3.65. The van der Waals surface area contributed by atoms with E-state index in [1.807, 2.05) is 0 Å². The monoisotopic (exact) mass is 158 g/mol. The van der Waals surface area contributed by atoms with E-state index in [2.05, 4.69) is 19.6 Å². The molecule has 0 aromatic rings. The van der Waals surface area contributed by atoms with Gasteiger partial charge >= 0.3 is 5.97 Å². The lowest BCUT2D eigenvalue weighted by Crippen LogP contribution is -2.22. The molecular weight excluding hydrogens is 144 g/mol. The number of hydrogen-bond donors (Lipinski definition) is 1. The minimum absolute atomic E-state index is 0.00617. The molecule has 1 rings (SSSR count). The van der Waals surface area contributed by atoms with E-state index in [9.17, 15) is 4.79 Å². The van der Waals surface area contributed by atoms with Crippen molar-refractivity contribution < 1.29 is 9.90 Å². The molecule has 0 saturated heterocycles. The lowest BCUT2D eigenvalue weighted by Gasteiger charge is -2.13. The third kappa shape index (κ3) is 1.40. The maximum Gasteiger partial charge on any atom is 0.306 e. The largest absolute Gasteiger partial charge is 0.481 e. The minimum atomic E-state index is -1.13. The van der Waals surface area contributed by atoms with Gasteiger partial charge in [0.1, 0.15) is 0 Å². The van der Waals surface area contributed by atoms with E-state index < -0.39 is 14.0 Å². The number of hydrogen-bond acceptors (Lipinski definition) is 1. The summed E-state index contributed by atoms with van der Waals surface area (Å²) < 4.78 is 0. The molecule has 0 heterocycles. The molecule has 58 valence electrons. The van der Waals surface area contributed by atoms with Gasteiger partial charge in [-0.15, -0.1) is 0 Å². The molecule has 1 aliphatic rings. The second-order valence-electron chi connectivity index (χ2n) is 4.15. The summed E-state index contributed by atoms with van der Waals surface area (Å²) >= 11 is 0. The average Bonchev–Trinajstić information content (AvgIpc) is 2.35. The van der Waals surface area contributed by atoms with Crippen molar-refractivity contribution in [2.45, 2.75) is 31.6 Å². The average molecular weight is 158 g/mol. The second kappa shape index (κ2) is 2.09. The Kier molecular flexibility index (Phi) is 1.62. The summed E-state index contributed by atoms with van der Waals surface area (Å²) in [7, 11) is -1.13. The minimum Gasteiger partial charge on any atom is -0.481 e. The van der Waals surface area contributed by atoms with E-state index in [1.54, 1.807) is 0 Å². The predicted molar refractivity (Wildman–Crippen MR) is 42.8 cm³/mol. The quantitative estimate of drug-likeness (QED) is 0.622. The van der Waals surface area contributed by atoms with Crippen LogP contribution in [0.1, 0.15) is 6.42 Å². The van der Waals surface area contributed by atoms with Gasteiger partial charge in [0, 0.05) is 8.07 Å². The number of rotatable bonds is 2. The van der Waals surface area contributed by atoms with Gasteiger partial charge in [-0.2, -0.15) is 0 Å². The lowest BCUT2D eigenvalue weighted by molar-refractivity contribution is -0.138. The smallest absolute Gasteiger partial charge is 0.306 e. The molecule has 0 aromatic heterocycles. The standard InChI is InChI=1S/C7H14O2Si/c1-10(2,3)6-4-5(6)7(8)9/h5-6H,4H2,1-3H3,(H,8,9)/t5-,6-/m0/s1. The van der Waals surface area contributed by atoms with E-state index in [1.165, 1.54) is 0 Å². The fourth-order valence-electron chi connectivity index (χ4n) is 1.43. The Morgan fingerprint density at radius 1 is 1.50 bits per heavy atom. The van der Waals surface area contributed by atoms with Crippen LogP contribution in [0.5, 0.6) is 0 Å². The van der Waals surface area contributed by atoms with Gasteiger partial charge in [-0.1, -0.05) is 19.6 Å². The summed E-state index contributed by atoms with van der Waals surface area (Å²) in [6.07, 6.45) is 0.936. The molecule has 0 radical (unpaired) electrons. The molecule has 1 saturated carbocycles. The van der Waals surface area contributed by atoms with E-state index >= 15 is 0 Å². The normalized spacial score (nSPS) is 31.9. The lowest BCUT2D eigenvalue weighted by atomic mass is 10.4. The van der Waals surface area contributed by atoms with Crippen molar-refractivity contribution in [3.63, 3.8) is 0 Å². The Labute approximate surface area is 62.3 Å². The zero-order valence-corrected chi connectivity index (χ0v) is 7.72. The van der Waals surface area contributed by atoms with Gasteiger partial charge in [-0.05, 0) is 12.0 Å². The van der Waals surface area contributed by atoms with Crippen LogP contribution in [0.2, 0.25) is 25.2 Å². The van der Waals surface area contributed by atoms with Gasteiger partial charge in [0.15, 0.2) is 0 Å². The summed E-state index contributed by atoms with van der Waals surface area (Å²) in [6, 6.07) is 0. The molecule has 0 bridgehead atoms. The summed E-state index contributed by atoms with van der Waals surface area (Å²) in [5.41, 5.74) is 0.546. The van der Waals surface area contributed by atoms with E-state index in [0.717, 1.165) is 6.42 Å². The maximum atomic E-state index is 10.4. The van der Waals surface area contributed by atoms with Crippen LogP contribution in [0.15, 0.2) is 0 Å². The van der Waals surface area contributed by atoms with Crippen LogP contribution in [0, 0.1) is 5.92 Å². The summed E-state index contributed by atoms with van der Waals surface area (Å²) in [5, 5.41) is 8.61. The highest BCUT2D eigenvalue weighted by Gasteiger charge is 2.50. The first-order valence-corrected chi connectivity index (χ1v) is 7.23. The summed E-state index contributed by atoms with van der Waals surface area (Å²) in [4.78, 5) is 10.4. The first-order chi connectivity index (χ1) is 4.43. The topological polar surface area (TPSA) is 37.3 Å². The highest BCUT2D eigenvalue weighted by molar-refractivity contribution is 6.78. The summed E-state index contributed by atoms with van der Waals surface area (Å²) in [6.45, 7) is 6.71. The zero-order valence-electron chi connectivity index (χ0n) is 6.72. The highest BCUT2D eigenvalue weighted by atomic mass is 28.3. The van der Waals surface area contributed by atoms with Crippen molar-refractivity contribution in [3.8, 4) is 0 Å². The van der Waals surface area contributed by atoms with Crippen molar-refractivity contribution in [1.82, 2.24) is 0 Å². The number of carbonyl (C=O) groups is 1. The van der Waals surface area contributed by atoms with Crippen molar-refractivity contribution in [2.24, 2.45) is 5.92 Å². The number of carboxylic acid groups (broad SMARTS) is 1. The molecular formula is C7H14O2Si. The fourth-order valence-corrected chi connectivity index (χ4v) is 3.74. The third-order valence-electron chi connectivity index (χ3n) is 2.22. The Morgan fingerprint density at radius 2 is 2.00 bits per heavy atom. The van der Waals surface area contributed by atoms with Gasteiger partial charge in [0.25, 0.3) is 0 Å². The van der Waals surface area contributed by atoms with Crippen LogP contribution >= 0.6 is 0 Å². The molecule has 0 unspecified atom stereocenters. The molecule has 10 heavy (non-hydrogen) atoms. The molecule has 0 aromatic carbocycles. The maximum absolute atomic E-state index is 10.4. The Hall–Kier alpha value is -0.313. The molecule has 3 heteroatoms. The molecule has 1 N–H and O–H groups in total. The molecule has 0 amide bonds. The van der Waals surface area contributed by atoms with Crippen LogP contribution in [-0.4, -0.2) is 19.1 Å². The molecule has 1 fully saturated rings. The Bertz CT molecular complexity index is 159. The number of carboxylic acids is 1. The predicted octanol–water partition coefficient (Wildman–Crippen LogP) is 1.80. The van der Waals surface area contributed by atoms with E-state index in [-0.39, 0.29) is 5.92 Å². The van der Waals surface area contributed by atoms with Gasteiger partial charge < -0.3 is 5.11 Å². The van der Waals surface area contributed by atoms with E-state index in [0.29, 0.717) is 5.54 Å². The first kappa shape index (κ1) is 7.79. The fraction of sp³-hybridized carbons (Fsp3) is 0.857. The van der Waals surface area contributed by atoms with Crippen LogP contribution in [0.4, 0.5) is 0 Å². The molecule has 0 aliphatic heterocycles. The molecule has 2 atom stereocenters. The van der Waals surface area contributed by atoms with Crippen molar-refractivity contribution in [1.29, 1.82) is 0 Å². The third-order valence-corrected chi connectivity index (χ3v) is 5.08. The van der Waals surface area contributed by atoms with Crippen molar-refractivity contribution in [3.05, 3.63) is 0 Å². The summed E-state index contributed by atoms with van der Waals surface area (Å²) in [5.74, 6) is -0.584. The Balaban J connectivity index is 2.46. The van der Waals surface area contributed by atoms with Crippen molar-refractivity contribution >= 4 is 14.0 Å². The van der Waals surface area contributed by atoms with Crippen LogP contribution in [0.3, 0.4) is 0 Å². The zero-order chi connectivity index (χ0) is 7.94. The van der Waals surface area contributed by atoms with Crippen LogP contribution < -0.4 is 0 Å². The second-order valence-corrected chi connectivity index (χ2v) is 9.63.